The van der Waals surface area contributed by atoms with E-state index in [1.807, 2.05) is 0 Å². The highest BCUT2D eigenvalue weighted by Gasteiger charge is 2.36. The molecule has 3 unspecified atom stereocenters. The Morgan fingerprint density at radius 3 is 2.57 bits per heavy atom. The smallest absolute Gasteiger partial charge is 0.154 e. The van der Waals surface area contributed by atoms with Crippen molar-refractivity contribution in [2.45, 2.75) is 31.6 Å². The molecule has 1 heterocycles. The summed E-state index contributed by atoms with van der Waals surface area (Å²) < 4.78 is 22.4. The summed E-state index contributed by atoms with van der Waals surface area (Å²) in [6, 6.07) is 0. The summed E-state index contributed by atoms with van der Waals surface area (Å²) >= 11 is 1.60. The zero-order valence-corrected chi connectivity index (χ0v) is 10.3. The summed E-state index contributed by atoms with van der Waals surface area (Å²) in [6.07, 6.45) is 0.441. The third-order valence-electron chi connectivity index (χ3n) is 2.56. The van der Waals surface area contributed by atoms with Crippen molar-refractivity contribution in [3.05, 3.63) is 0 Å². The second kappa shape index (κ2) is 4.86. The number of aliphatic hydroxyl groups is 1. The molecule has 0 aromatic carbocycles. The molecule has 0 aliphatic carbocycles. The van der Waals surface area contributed by atoms with E-state index in [2.05, 4.69) is 13.8 Å². The van der Waals surface area contributed by atoms with Gasteiger partial charge in [0.05, 0.1) is 17.6 Å². The van der Waals surface area contributed by atoms with Crippen LogP contribution in [0.3, 0.4) is 0 Å². The Balaban J connectivity index is 2.40. The number of thioether (sulfide) groups is 1. The standard InChI is InChI=1S/C9H18O3S2/c1-3-7(2)4-13-9-6-14(11,12)5-8(9)10/h7-10H,3-6H2,1-2H3. The first kappa shape index (κ1) is 12.3. The monoisotopic (exact) mass is 238 g/mol. The summed E-state index contributed by atoms with van der Waals surface area (Å²) in [7, 11) is -2.97. The molecular weight excluding hydrogens is 220 g/mol. The van der Waals surface area contributed by atoms with Gasteiger partial charge in [-0.3, -0.25) is 0 Å². The molecule has 5 heteroatoms. The predicted octanol–water partition coefficient (Wildman–Crippen LogP) is 0.924. The molecule has 1 N–H and O–H groups in total. The molecule has 0 saturated carbocycles. The maximum Gasteiger partial charge on any atom is 0.154 e. The maximum absolute atomic E-state index is 11.2. The van der Waals surface area contributed by atoms with Crippen LogP contribution in [0.4, 0.5) is 0 Å². The number of aliphatic hydroxyl groups excluding tert-OH is 1. The van der Waals surface area contributed by atoms with Crippen LogP contribution in [-0.2, 0) is 9.84 Å². The van der Waals surface area contributed by atoms with Gasteiger partial charge in [-0.15, -0.1) is 0 Å². The summed E-state index contributed by atoms with van der Waals surface area (Å²) in [5.41, 5.74) is 0. The van der Waals surface area contributed by atoms with E-state index >= 15 is 0 Å². The van der Waals surface area contributed by atoms with Crippen LogP contribution < -0.4 is 0 Å². The minimum absolute atomic E-state index is 0.0504. The largest absolute Gasteiger partial charge is 0.391 e. The van der Waals surface area contributed by atoms with Crippen molar-refractivity contribution in [2.75, 3.05) is 17.3 Å². The zero-order chi connectivity index (χ0) is 10.8. The normalized spacial score (nSPS) is 33.1. The van der Waals surface area contributed by atoms with E-state index in [-0.39, 0.29) is 16.8 Å². The molecule has 0 aromatic rings. The van der Waals surface area contributed by atoms with Gasteiger partial charge >= 0.3 is 0 Å². The highest BCUT2D eigenvalue weighted by Crippen LogP contribution is 2.26. The van der Waals surface area contributed by atoms with Crippen molar-refractivity contribution >= 4 is 21.6 Å². The number of hydrogen-bond acceptors (Lipinski definition) is 4. The molecule has 1 aliphatic rings. The van der Waals surface area contributed by atoms with E-state index in [9.17, 15) is 13.5 Å². The lowest BCUT2D eigenvalue weighted by molar-refractivity contribution is 0.207. The maximum atomic E-state index is 11.2. The second-order valence-electron chi connectivity index (χ2n) is 4.03. The van der Waals surface area contributed by atoms with E-state index < -0.39 is 15.9 Å². The van der Waals surface area contributed by atoms with E-state index in [4.69, 9.17) is 0 Å². The van der Waals surface area contributed by atoms with Gasteiger partial charge in [-0.25, -0.2) is 8.42 Å². The summed E-state index contributed by atoms with van der Waals surface area (Å²) in [5, 5.41) is 9.41. The Morgan fingerprint density at radius 1 is 1.50 bits per heavy atom. The topological polar surface area (TPSA) is 54.4 Å². The fourth-order valence-corrected chi connectivity index (χ4v) is 5.23. The summed E-state index contributed by atoms with van der Waals surface area (Å²) in [5.74, 6) is 1.63. The van der Waals surface area contributed by atoms with Crippen LogP contribution in [0.5, 0.6) is 0 Å². The van der Waals surface area contributed by atoms with Crippen LogP contribution in [-0.4, -0.2) is 42.1 Å². The van der Waals surface area contributed by atoms with Crippen molar-refractivity contribution in [2.24, 2.45) is 5.92 Å². The predicted molar refractivity (Wildman–Crippen MR) is 60.4 cm³/mol. The highest BCUT2D eigenvalue weighted by molar-refractivity contribution is 8.01. The van der Waals surface area contributed by atoms with Gasteiger partial charge in [0.15, 0.2) is 9.84 Å². The van der Waals surface area contributed by atoms with E-state index in [0.29, 0.717) is 5.92 Å². The molecule has 1 fully saturated rings. The average Bonchev–Trinajstić information content (AvgIpc) is 2.35. The van der Waals surface area contributed by atoms with Gasteiger partial charge in [-0.1, -0.05) is 20.3 Å². The van der Waals surface area contributed by atoms with Gasteiger partial charge < -0.3 is 5.11 Å². The lowest BCUT2D eigenvalue weighted by Crippen LogP contribution is -2.21. The van der Waals surface area contributed by atoms with Gasteiger partial charge in [-0.2, -0.15) is 11.8 Å². The minimum Gasteiger partial charge on any atom is -0.391 e. The third-order valence-corrected chi connectivity index (χ3v) is 6.16. The average molecular weight is 238 g/mol. The molecule has 1 aliphatic heterocycles. The molecule has 14 heavy (non-hydrogen) atoms. The first-order chi connectivity index (χ1) is 6.44. The Kier molecular flexibility index (Phi) is 4.28. The molecule has 0 spiro atoms. The van der Waals surface area contributed by atoms with Gasteiger partial charge in [0.25, 0.3) is 0 Å². The molecular formula is C9H18O3S2. The van der Waals surface area contributed by atoms with E-state index in [1.165, 1.54) is 0 Å². The Bertz CT molecular complexity index is 274. The van der Waals surface area contributed by atoms with Crippen LogP contribution in [0, 0.1) is 5.92 Å². The van der Waals surface area contributed by atoms with E-state index in [1.54, 1.807) is 11.8 Å². The highest BCUT2D eigenvalue weighted by atomic mass is 32.2. The molecule has 0 aromatic heterocycles. The molecule has 0 radical (unpaired) electrons. The van der Waals surface area contributed by atoms with Gasteiger partial charge in [0.1, 0.15) is 0 Å². The third kappa shape index (κ3) is 3.44. The molecule has 0 bridgehead atoms. The second-order valence-corrected chi connectivity index (χ2v) is 7.46. The van der Waals surface area contributed by atoms with Crippen molar-refractivity contribution in [1.29, 1.82) is 0 Å². The van der Waals surface area contributed by atoms with Crippen molar-refractivity contribution in [3.63, 3.8) is 0 Å². The minimum atomic E-state index is -2.97. The molecule has 3 atom stereocenters. The lowest BCUT2D eigenvalue weighted by Gasteiger charge is -2.14. The zero-order valence-electron chi connectivity index (χ0n) is 8.64. The molecule has 84 valence electrons. The molecule has 3 nitrogen and oxygen atoms in total. The SMILES string of the molecule is CCC(C)CSC1CS(=O)(=O)CC1O. The summed E-state index contributed by atoms with van der Waals surface area (Å²) in [6.45, 7) is 4.26. The number of rotatable bonds is 4. The van der Waals surface area contributed by atoms with Gasteiger partial charge in [0, 0.05) is 5.25 Å². The molecule has 1 saturated heterocycles. The lowest BCUT2D eigenvalue weighted by atomic mass is 10.2. The van der Waals surface area contributed by atoms with Crippen molar-refractivity contribution in [1.82, 2.24) is 0 Å². The van der Waals surface area contributed by atoms with E-state index in [0.717, 1.165) is 12.2 Å². The first-order valence-electron chi connectivity index (χ1n) is 4.94. The first-order valence-corrected chi connectivity index (χ1v) is 7.81. The van der Waals surface area contributed by atoms with Crippen LogP contribution in [0.25, 0.3) is 0 Å². The van der Waals surface area contributed by atoms with Gasteiger partial charge in [0.2, 0.25) is 0 Å². The molecule has 1 rings (SSSR count). The quantitative estimate of drug-likeness (QED) is 0.791. The van der Waals surface area contributed by atoms with Crippen LogP contribution in [0.15, 0.2) is 0 Å². The molecule has 0 amide bonds. The Hall–Kier alpha value is 0.260. The van der Waals surface area contributed by atoms with Gasteiger partial charge in [-0.05, 0) is 11.7 Å². The number of hydrogen-bond donors (Lipinski definition) is 1. The fourth-order valence-electron chi connectivity index (χ4n) is 1.36. The Morgan fingerprint density at radius 2 is 2.14 bits per heavy atom. The summed E-state index contributed by atoms with van der Waals surface area (Å²) in [4.78, 5) is 0. The van der Waals surface area contributed by atoms with Crippen LogP contribution in [0.2, 0.25) is 0 Å². The van der Waals surface area contributed by atoms with Crippen LogP contribution in [0.1, 0.15) is 20.3 Å². The van der Waals surface area contributed by atoms with Crippen molar-refractivity contribution < 1.29 is 13.5 Å². The van der Waals surface area contributed by atoms with Crippen LogP contribution >= 0.6 is 11.8 Å². The number of sulfone groups is 1. The van der Waals surface area contributed by atoms with Crippen molar-refractivity contribution in [3.8, 4) is 0 Å². The Labute approximate surface area is 90.2 Å². The fraction of sp³-hybridized carbons (Fsp3) is 1.00.